The van der Waals surface area contributed by atoms with Gasteiger partial charge in [0.15, 0.2) is 0 Å². The highest BCUT2D eigenvalue weighted by molar-refractivity contribution is 6.32. The van der Waals surface area contributed by atoms with Crippen LogP contribution in [0.3, 0.4) is 0 Å². The Labute approximate surface area is 782 Å². The zero-order chi connectivity index (χ0) is 90.9. The first kappa shape index (κ1) is 80.7. The van der Waals surface area contributed by atoms with E-state index in [2.05, 4.69) is 399 Å². The SMILES string of the molecule is CC(C)(C)c1cc2ccc3c(-c4cccnc4)cc(-c4cccc(-c5cccc6c5oc5ccccc56)c4)c4ccc(c1)c2c34.CC(C)(C)c1cc2ccc3c(-c4ccncc4)cc(-c4ccc(-c5cccc6c5oc5ccccc56)cc4)c4ccc(c1)c2c34.CC(C)(C)c1cc2ccc3c(-c4ccncc4)cc(-c4cccc(-c5cccc6c5oc5ccccc56)c4)c4ccc(c1)c2c34. The Bertz CT molecular complexity index is 8990. The lowest BCUT2D eigenvalue weighted by molar-refractivity contribution is 0.591. The van der Waals surface area contributed by atoms with Crippen molar-refractivity contribution in [2.24, 2.45) is 0 Å². The number of benzene rings is 21. The number of nitrogens with zero attached hydrogens (tertiary/aromatic N) is 3. The van der Waals surface area contributed by atoms with Gasteiger partial charge in [-0.15, -0.1) is 0 Å². The third kappa shape index (κ3) is 13.5. The lowest BCUT2D eigenvalue weighted by Gasteiger charge is -2.23. The fourth-order valence-corrected chi connectivity index (χ4v) is 21.5. The Morgan fingerprint density at radius 2 is 0.430 bits per heavy atom. The lowest BCUT2D eigenvalue weighted by atomic mass is 9.81. The van der Waals surface area contributed by atoms with Gasteiger partial charge < -0.3 is 13.3 Å². The number of furan rings is 3. The van der Waals surface area contributed by atoms with Crippen LogP contribution < -0.4 is 0 Å². The molecule has 0 saturated carbocycles. The third-order valence-corrected chi connectivity index (χ3v) is 28.4. The van der Waals surface area contributed by atoms with Crippen LogP contribution in [0.2, 0.25) is 0 Å². The molecule has 0 amide bonds. The molecule has 642 valence electrons. The summed E-state index contributed by atoms with van der Waals surface area (Å²) >= 11 is 0. The van der Waals surface area contributed by atoms with Gasteiger partial charge in [-0.3, -0.25) is 15.0 Å². The molecule has 0 atom stereocenters. The van der Waals surface area contributed by atoms with Crippen molar-refractivity contribution in [1.29, 1.82) is 0 Å². The predicted molar refractivity (Wildman–Crippen MR) is 571 cm³/mol. The van der Waals surface area contributed by atoms with E-state index < -0.39 is 0 Å². The first-order valence-electron chi connectivity index (χ1n) is 46.8. The summed E-state index contributed by atoms with van der Waals surface area (Å²) in [4.78, 5) is 13.1. The molecule has 0 bridgehead atoms. The molecule has 21 aromatic carbocycles. The second-order valence-corrected chi connectivity index (χ2v) is 39.7. The third-order valence-electron chi connectivity index (χ3n) is 28.4. The first-order chi connectivity index (χ1) is 65.8. The van der Waals surface area contributed by atoms with Crippen molar-refractivity contribution in [2.75, 3.05) is 0 Å². The van der Waals surface area contributed by atoms with Crippen molar-refractivity contribution in [1.82, 2.24) is 15.0 Å². The van der Waals surface area contributed by atoms with Crippen molar-refractivity contribution < 1.29 is 13.3 Å². The highest BCUT2D eigenvalue weighted by atomic mass is 16.3. The zero-order valence-corrected chi connectivity index (χ0v) is 76.7. The number of para-hydroxylation sites is 6. The number of aromatic nitrogens is 3. The van der Waals surface area contributed by atoms with Crippen LogP contribution >= 0.6 is 0 Å². The molecular formula is C129H93N3O3. The predicted octanol–water partition coefficient (Wildman–Crippen LogP) is 36.5. The molecular weight excluding hydrogens is 1640 g/mol. The fraction of sp³-hybridized carbons (Fsp3) is 0.0930. The molecule has 0 N–H and O–H groups in total. The van der Waals surface area contributed by atoms with Gasteiger partial charge in [-0.2, -0.15) is 0 Å². The van der Waals surface area contributed by atoms with E-state index in [1.165, 1.54) is 175 Å². The number of hydrogen-bond donors (Lipinski definition) is 0. The smallest absolute Gasteiger partial charge is 0.143 e. The van der Waals surface area contributed by atoms with Crippen molar-refractivity contribution in [3.63, 3.8) is 0 Å². The largest absolute Gasteiger partial charge is 0.455 e. The quantitative estimate of drug-likeness (QED) is 0.134. The van der Waals surface area contributed by atoms with Crippen LogP contribution in [0.25, 0.3) is 263 Å². The summed E-state index contributed by atoms with van der Waals surface area (Å²) in [5, 5.41) is 30.2. The van der Waals surface area contributed by atoms with Crippen LogP contribution in [0, 0.1) is 0 Å². The number of pyridine rings is 3. The molecule has 0 spiro atoms. The lowest BCUT2D eigenvalue weighted by Crippen LogP contribution is -2.10. The normalized spacial score (nSPS) is 12.3. The molecule has 27 aromatic rings. The molecule has 6 heteroatoms. The standard InChI is InChI=1S/3C43H31NO/c1-43(2,3)31-22-28-16-18-34-37(24-38(30-11-8-20-44-25-30)35-19-17-29(23-31)40(28)41(34)35)27-10-6-9-26(21-27)32-13-7-14-36-33-12-4-5-15-39(33)45-42(32)36;1-43(2,3)31-23-29-14-16-34-37(26-18-20-44-21-19-26)25-38(35-17-15-30(24-31)40(29)41(34)35)28-9-6-8-27(22-28)32-11-7-12-36-33-10-4-5-13-39(33)45-42(32)36;1-43(2,3)31-23-29-15-17-34-37(25-38(28-19-21-44-22-20-28)35-18-16-30(24-31)40(29)41(34)35)27-13-11-26(12-14-27)32-8-6-9-36-33-7-4-5-10-39(33)45-42(32)36/h3*4-25H,1-3H3. The Hall–Kier alpha value is -16.4. The molecule has 0 aliphatic carbocycles. The van der Waals surface area contributed by atoms with E-state index in [0.29, 0.717) is 0 Å². The first-order valence-corrected chi connectivity index (χ1v) is 46.8. The monoisotopic (exact) mass is 1730 g/mol. The van der Waals surface area contributed by atoms with Gasteiger partial charge in [-0.1, -0.05) is 347 Å². The minimum atomic E-state index is 0.0691. The van der Waals surface area contributed by atoms with Gasteiger partial charge in [-0.05, 0) is 287 Å². The van der Waals surface area contributed by atoms with Gasteiger partial charge in [0.2, 0.25) is 0 Å². The van der Waals surface area contributed by atoms with Crippen molar-refractivity contribution in [2.45, 2.75) is 78.6 Å². The highest BCUT2D eigenvalue weighted by Crippen LogP contribution is 2.52. The van der Waals surface area contributed by atoms with Crippen LogP contribution in [0.4, 0.5) is 0 Å². The molecule has 0 aliphatic heterocycles. The molecule has 27 rings (SSSR count). The van der Waals surface area contributed by atoms with E-state index >= 15 is 0 Å². The summed E-state index contributed by atoms with van der Waals surface area (Å²) in [6.07, 6.45) is 11.4. The fourth-order valence-electron chi connectivity index (χ4n) is 21.5. The second-order valence-electron chi connectivity index (χ2n) is 39.7. The summed E-state index contributed by atoms with van der Waals surface area (Å²) in [5.74, 6) is 0. The topological polar surface area (TPSA) is 78.1 Å². The van der Waals surface area contributed by atoms with Crippen molar-refractivity contribution >= 4 is 163 Å². The summed E-state index contributed by atoms with van der Waals surface area (Å²) in [7, 11) is 0. The van der Waals surface area contributed by atoms with Crippen LogP contribution in [0.1, 0.15) is 79.0 Å². The van der Waals surface area contributed by atoms with Crippen LogP contribution in [0.15, 0.2) is 414 Å². The molecule has 6 aromatic heterocycles. The van der Waals surface area contributed by atoms with Gasteiger partial charge in [-0.25, -0.2) is 0 Å². The van der Waals surface area contributed by atoms with Gasteiger partial charge in [0.1, 0.15) is 33.5 Å². The van der Waals surface area contributed by atoms with Crippen LogP contribution in [-0.2, 0) is 16.2 Å². The van der Waals surface area contributed by atoms with Gasteiger partial charge >= 0.3 is 0 Å². The van der Waals surface area contributed by atoms with Gasteiger partial charge in [0.05, 0.1) is 0 Å². The van der Waals surface area contributed by atoms with Crippen LogP contribution in [0.5, 0.6) is 0 Å². The maximum absolute atomic E-state index is 6.44. The Kier molecular flexibility index (Phi) is 18.6. The van der Waals surface area contributed by atoms with Crippen molar-refractivity contribution in [3.8, 4) is 100 Å². The average molecular weight is 1730 g/mol. The van der Waals surface area contributed by atoms with E-state index in [-0.39, 0.29) is 16.2 Å². The van der Waals surface area contributed by atoms with E-state index in [9.17, 15) is 0 Å². The van der Waals surface area contributed by atoms with Crippen molar-refractivity contribution in [3.05, 3.63) is 418 Å². The van der Waals surface area contributed by atoms with E-state index in [0.717, 1.165) is 105 Å². The van der Waals surface area contributed by atoms with E-state index in [4.69, 9.17) is 13.3 Å². The van der Waals surface area contributed by atoms with Gasteiger partial charge in [0, 0.05) is 91.8 Å². The van der Waals surface area contributed by atoms with Gasteiger partial charge in [0.25, 0.3) is 0 Å². The van der Waals surface area contributed by atoms with E-state index in [1.807, 2.05) is 79.6 Å². The summed E-state index contributed by atoms with van der Waals surface area (Å²) in [6.45, 7) is 20.6. The Morgan fingerprint density at radius 1 is 0.170 bits per heavy atom. The number of fused-ring (bicyclic) bond motifs is 9. The maximum Gasteiger partial charge on any atom is 0.143 e. The summed E-state index contributed by atoms with van der Waals surface area (Å²) < 4.78 is 19.2. The Balaban J connectivity index is 0.000000108. The average Bonchev–Trinajstić information content (AvgIpc) is 1.57. The number of rotatable bonds is 9. The molecule has 0 aliphatic rings. The molecule has 0 unspecified atom stereocenters. The Morgan fingerprint density at radius 3 is 0.741 bits per heavy atom. The van der Waals surface area contributed by atoms with E-state index in [1.54, 1.807) is 0 Å². The molecule has 0 fully saturated rings. The second kappa shape index (κ2) is 31.1. The molecule has 6 heterocycles. The molecule has 0 radical (unpaired) electrons. The summed E-state index contributed by atoms with van der Waals surface area (Å²) in [5.41, 5.74) is 30.9. The maximum atomic E-state index is 6.44. The molecule has 135 heavy (non-hydrogen) atoms. The molecule has 6 nitrogen and oxygen atoms in total. The van der Waals surface area contributed by atoms with Crippen LogP contribution in [-0.4, -0.2) is 15.0 Å². The zero-order valence-electron chi connectivity index (χ0n) is 76.7. The molecule has 0 saturated heterocycles. The number of hydrogen-bond acceptors (Lipinski definition) is 6. The summed E-state index contributed by atoms with van der Waals surface area (Å²) in [6, 6.07) is 133. The highest BCUT2D eigenvalue weighted by Gasteiger charge is 2.28. The minimum absolute atomic E-state index is 0.0691. The minimum Gasteiger partial charge on any atom is -0.455 e.